The van der Waals surface area contributed by atoms with Gasteiger partial charge in [0.25, 0.3) is 0 Å². The Morgan fingerprint density at radius 3 is 2.56 bits per heavy atom. The number of imidazole rings is 1. The smallest absolute Gasteiger partial charge is 0.137 e. The first-order valence-electron chi connectivity index (χ1n) is 5.55. The van der Waals surface area contributed by atoms with Gasteiger partial charge in [-0.2, -0.15) is 0 Å². The highest BCUT2D eigenvalue weighted by Gasteiger charge is 2.14. The van der Waals surface area contributed by atoms with Gasteiger partial charge in [0, 0.05) is 12.4 Å². The fourth-order valence-electron chi connectivity index (χ4n) is 1.95. The maximum Gasteiger partial charge on any atom is 0.137 e. The van der Waals surface area contributed by atoms with Crippen LogP contribution in [0.1, 0.15) is 5.56 Å². The van der Waals surface area contributed by atoms with Gasteiger partial charge in [0.05, 0.1) is 11.3 Å². The molecule has 0 atom stereocenters. The summed E-state index contributed by atoms with van der Waals surface area (Å²) in [6, 6.07) is 7.58. The zero-order valence-electron chi connectivity index (χ0n) is 9.69. The van der Waals surface area contributed by atoms with Crippen LogP contribution in [-0.4, -0.2) is 9.38 Å². The summed E-state index contributed by atoms with van der Waals surface area (Å²) in [5.74, 6) is -1.20. The molecular weight excluding hydrogens is 234 g/mol. The molecule has 90 valence electrons. The maximum atomic E-state index is 13.7. The van der Waals surface area contributed by atoms with Crippen LogP contribution in [0.4, 0.5) is 8.78 Å². The standard InChI is InChI=1S/C14H10F2N2/c1-9-5-6-18-8-12(17-13(18)7-9)14-10(15)3-2-4-11(14)16/h2-8H,1H3. The van der Waals surface area contributed by atoms with Crippen molar-refractivity contribution in [3.8, 4) is 11.3 Å². The van der Waals surface area contributed by atoms with Crippen molar-refractivity contribution in [2.45, 2.75) is 6.92 Å². The number of benzene rings is 1. The molecule has 0 N–H and O–H groups in total. The van der Waals surface area contributed by atoms with Gasteiger partial charge < -0.3 is 4.40 Å². The van der Waals surface area contributed by atoms with Crippen LogP contribution < -0.4 is 0 Å². The number of hydrogen-bond donors (Lipinski definition) is 0. The molecule has 18 heavy (non-hydrogen) atoms. The monoisotopic (exact) mass is 244 g/mol. The highest BCUT2D eigenvalue weighted by molar-refractivity contribution is 5.64. The second kappa shape index (κ2) is 3.91. The van der Waals surface area contributed by atoms with E-state index < -0.39 is 11.6 Å². The maximum absolute atomic E-state index is 13.7. The summed E-state index contributed by atoms with van der Waals surface area (Å²) in [5, 5.41) is 0. The molecular formula is C14H10F2N2. The minimum atomic E-state index is -0.602. The van der Waals surface area contributed by atoms with Gasteiger partial charge in [-0.25, -0.2) is 13.8 Å². The Morgan fingerprint density at radius 2 is 1.83 bits per heavy atom. The molecule has 0 aliphatic rings. The van der Waals surface area contributed by atoms with E-state index in [1.54, 1.807) is 10.6 Å². The summed E-state index contributed by atoms with van der Waals surface area (Å²) in [4.78, 5) is 4.25. The Bertz CT molecular complexity index is 711. The molecule has 3 rings (SSSR count). The quantitative estimate of drug-likeness (QED) is 0.639. The fraction of sp³-hybridized carbons (Fsp3) is 0.0714. The van der Waals surface area contributed by atoms with Crippen LogP contribution in [0.5, 0.6) is 0 Å². The lowest BCUT2D eigenvalue weighted by Crippen LogP contribution is -1.89. The topological polar surface area (TPSA) is 17.3 Å². The number of halogens is 2. The number of rotatable bonds is 1. The Balaban J connectivity index is 2.26. The highest BCUT2D eigenvalue weighted by atomic mass is 19.1. The molecule has 0 aliphatic carbocycles. The van der Waals surface area contributed by atoms with Crippen LogP contribution in [0.3, 0.4) is 0 Å². The predicted molar refractivity (Wildman–Crippen MR) is 65.3 cm³/mol. The van der Waals surface area contributed by atoms with Crippen LogP contribution in [-0.2, 0) is 0 Å². The Labute approximate surface area is 103 Å². The van der Waals surface area contributed by atoms with Crippen LogP contribution in [0.2, 0.25) is 0 Å². The van der Waals surface area contributed by atoms with Crippen molar-refractivity contribution in [1.82, 2.24) is 9.38 Å². The van der Waals surface area contributed by atoms with E-state index in [0.717, 1.165) is 5.56 Å². The van der Waals surface area contributed by atoms with Crippen LogP contribution in [0.15, 0.2) is 42.7 Å². The van der Waals surface area contributed by atoms with Crippen molar-refractivity contribution in [2.75, 3.05) is 0 Å². The van der Waals surface area contributed by atoms with E-state index in [-0.39, 0.29) is 5.56 Å². The molecule has 4 heteroatoms. The molecule has 2 heterocycles. The first-order valence-corrected chi connectivity index (χ1v) is 5.55. The Kier molecular flexibility index (Phi) is 2.37. The van der Waals surface area contributed by atoms with Gasteiger partial charge in [0.15, 0.2) is 0 Å². The van der Waals surface area contributed by atoms with Crippen LogP contribution >= 0.6 is 0 Å². The molecule has 0 amide bonds. The predicted octanol–water partition coefficient (Wildman–Crippen LogP) is 3.59. The van der Waals surface area contributed by atoms with Crippen molar-refractivity contribution < 1.29 is 8.78 Å². The molecule has 2 aromatic heterocycles. The molecule has 0 fully saturated rings. The summed E-state index contributed by atoms with van der Waals surface area (Å²) >= 11 is 0. The molecule has 0 unspecified atom stereocenters. The van der Waals surface area contributed by atoms with Gasteiger partial charge in [-0.1, -0.05) is 6.07 Å². The lowest BCUT2D eigenvalue weighted by Gasteiger charge is -1.99. The lowest BCUT2D eigenvalue weighted by atomic mass is 10.1. The third-order valence-corrected chi connectivity index (χ3v) is 2.83. The SMILES string of the molecule is Cc1ccn2cc(-c3c(F)cccc3F)nc2c1. The molecule has 0 aliphatic heterocycles. The zero-order valence-corrected chi connectivity index (χ0v) is 9.69. The number of aromatic nitrogens is 2. The Morgan fingerprint density at radius 1 is 1.11 bits per heavy atom. The van der Waals surface area contributed by atoms with Crippen molar-refractivity contribution in [3.05, 3.63) is 59.9 Å². The number of nitrogens with zero attached hydrogens (tertiary/aromatic N) is 2. The first-order chi connectivity index (χ1) is 8.65. The molecule has 0 spiro atoms. The van der Waals surface area contributed by atoms with Crippen molar-refractivity contribution in [1.29, 1.82) is 0 Å². The number of aryl methyl sites for hydroxylation is 1. The third-order valence-electron chi connectivity index (χ3n) is 2.83. The summed E-state index contributed by atoms with van der Waals surface area (Å²) in [7, 11) is 0. The molecule has 0 radical (unpaired) electrons. The van der Waals surface area contributed by atoms with Crippen molar-refractivity contribution >= 4 is 5.65 Å². The molecule has 2 nitrogen and oxygen atoms in total. The minimum Gasteiger partial charge on any atom is -0.306 e. The molecule has 3 aromatic rings. The molecule has 0 saturated heterocycles. The zero-order chi connectivity index (χ0) is 12.7. The largest absolute Gasteiger partial charge is 0.306 e. The normalized spacial score (nSPS) is 11.1. The molecule has 0 saturated carbocycles. The molecule has 0 bridgehead atoms. The van der Waals surface area contributed by atoms with Crippen molar-refractivity contribution in [2.24, 2.45) is 0 Å². The highest BCUT2D eigenvalue weighted by Crippen LogP contribution is 2.25. The second-order valence-corrected chi connectivity index (χ2v) is 4.19. The van der Waals surface area contributed by atoms with Crippen LogP contribution in [0, 0.1) is 18.6 Å². The van der Waals surface area contributed by atoms with Gasteiger partial charge in [-0.3, -0.25) is 0 Å². The van der Waals surface area contributed by atoms with E-state index in [0.29, 0.717) is 11.3 Å². The minimum absolute atomic E-state index is 0.0844. The summed E-state index contributed by atoms with van der Waals surface area (Å²) in [6.45, 7) is 1.94. The molecule has 1 aromatic carbocycles. The Hall–Kier alpha value is -2.23. The van der Waals surface area contributed by atoms with Gasteiger partial charge in [-0.05, 0) is 36.8 Å². The fourth-order valence-corrected chi connectivity index (χ4v) is 1.95. The van der Waals surface area contributed by atoms with E-state index in [9.17, 15) is 8.78 Å². The van der Waals surface area contributed by atoms with E-state index >= 15 is 0 Å². The van der Waals surface area contributed by atoms with Gasteiger partial charge in [0.2, 0.25) is 0 Å². The number of hydrogen-bond acceptors (Lipinski definition) is 1. The number of pyridine rings is 1. The van der Waals surface area contributed by atoms with E-state index in [2.05, 4.69) is 4.98 Å². The van der Waals surface area contributed by atoms with Gasteiger partial charge in [-0.15, -0.1) is 0 Å². The van der Waals surface area contributed by atoms with Crippen LogP contribution in [0.25, 0.3) is 16.9 Å². The lowest BCUT2D eigenvalue weighted by molar-refractivity contribution is 0.589. The average Bonchev–Trinajstić information content (AvgIpc) is 2.71. The summed E-state index contributed by atoms with van der Waals surface area (Å²) in [6.07, 6.45) is 3.44. The van der Waals surface area contributed by atoms with E-state index in [1.165, 1.54) is 18.2 Å². The summed E-state index contributed by atoms with van der Waals surface area (Å²) in [5.41, 5.74) is 1.94. The summed E-state index contributed by atoms with van der Waals surface area (Å²) < 4.78 is 29.1. The van der Waals surface area contributed by atoms with Crippen molar-refractivity contribution in [3.63, 3.8) is 0 Å². The van der Waals surface area contributed by atoms with Gasteiger partial charge in [0.1, 0.15) is 17.3 Å². The number of fused-ring (bicyclic) bond motifs is 1. The second-order valence-electron chi connectivity index (χ2n) is 4.19. The van der Waals surface area contributed by atoms with Gasteiger partial charge >= 0.3 is 0 Å². The first kappa shape index (κ1) is 10.9. The average molecular weight is 244 g/mol. The third kappa shape index (κ3) is 1.66. The van der Waals surface area contributed by atoms with E-state index in [4.69, 9.17) is 0 Å². The van der Waals surface area contributed by atoms with E-state index in [1.807, 2.05) is 25.3 Å².